The van der Waals surface area contributed by atoms with Crippen LogP contribution in [0.4, 0.5) is 0 Å². The van der Waals surface area contributed by atoms with E-state index >= 15 is 0 Å². The third kappa shape index (κ3) is 6.01. The standard InChI is InChI=1S/C43H32N4O2/c1-27-17-19-31(20-18-27)41-40(29-11-5-3-6-12-29)44-35-23-21-32(25-37(35)46-41)33-22-24-36-38(26-33)47-43(42(45-36)30-13-7-4-8-14-30)34-15-9-10-16-39(34)49-28(2)48/h3-17,19-27H,18H2,1-2H3. The number of hydrogen-bond acceptors (Lipinski definition) is 6. The van der Waals surface area contributed by atoms with E-state index in [2.05, 4.69) is 61.5 Å². The molecule has 0 aliphatic heterocycles. The molecule has 2 heterocycles. The maximum atomic E-state index is 12.0. The van der Waals surface area contributed by atoms with E-state index in [0.717, 1.165) is 67.7 Å². The van der Waals surface area contributed by atoms with E-state index in [-0.39, 0.29) is 0 Å². The minimum absolute atomic E-state index is 0.395. The average molecular weight is 637 g/mol. The monoisotopic (exact) mass is 636 g/mol. The molecule has 0 radical (unpaired) electrons. The normalized spacial score (nSPS) is 14.2. The van der Waals surface area contributed by atoms with Crippen LogP contribution >= 0.6 is 0 Å². The van der Waals surface area contributed by atoms with Crippen LogP contribution < -0.4 is 4.74 Å². The topological polar surface area (TPSA) is 77.9 Å². The molecule has 7 aromatic rings. The second kappa shape index (κ2) is 12.7. The van der Waals surface area contributed by atoms with E-state index in [1.807, 2.05) is 78.9 Å². The number of esters is 1. The van der Waals surface area contributed by atoms with E-state index in [9.17, 15) is 4.79 Å². The summed E-state index contributed by atoms with van der Waals surface area (Å²) in [6, 6.07) is 40.0. The van der Waals surface area contributed by atoms with Gasteiger partial charge in [0.2, 0.25) is 0 Å². The molecule has 8 rings (SSSR count). The molecule has 6 nitrogen and oxygen atoms in total. The molecule has 0 N–H and O–H groups in total. The Bertz CT molecular complexity index is 2440. The van der Waals surface area contributed by atoms with E-state index < -0.39 is 5.97 Å². The molecule has 2 aromatic heterocycles. The third-order valence-corrected chi connectivity index (χ3v) is 8.74. The van der Waals surface area contributed by atoms with Crippen LogP contribution in [-0.2, 0) is 4.79 Å². The van der Waals surface area contributed by atoms with Gasteiger partial charge in [0.15, 0.2) is 0 Å². The minimum atomic E-state index is -0.395. The second-order valence-corrected chi connectivity index (χ2v) is 12.3. The number of benzene rings is 5. The van der Waals surface area contributed by atoms with Crippen molar-refractivity contribution < 1.29 is 9.53 Å². The lowest BCUT2D eigenvalue weighted by Crippen LogP contribution is -2.04. The average Bonchev–Trinajstić information content (AvgIpc) is 3.14. The summed E-state index contributed by atoms with van der Waals surface area (Å²) in [6.45, 7) is 3.62. The lowest BCUT2D eigenvalue weighted by Gasteiger charge is -2.16. The van der Waals surface area contributed by atoms with Crippen molar-refractivity contribution in [2.75, 3.05) is 0 Å². The fourth-order valence-electron chi connectivity index (χ4n) is 6.26. The number of carbonyl (C=O) groups excluding carboxylic acids is 1. The molecule has 1 aliphatic carbocycles. The zero-order valence-corrected chi connectivity index (χ0v) is 27.2. The Hall–Kier alpha value is -6.27. The first-order valence-corrected chi connectivity index (χ1v) is 16.4. The van der Waals surface area contributed by atoms with Gasteiger partial charge < -0.3 is 4.74 Å². The van der Waals surface area contributed by atoms with Crippen LogP contribution in [0.1, 0.15) is 26.0 Å². The molecule has 0 saturated carbocycles. The van der Waals surface area contributed by atoms with Crippen molar-refractivity contribution in [3.05, 3.63) is 145 Å². The number of allylic oxidation sites excluding steroid dienone is 4. The van der Waals surface area contributed by atoms with Crippen molar-refractivity contribution in [3.8, 4) is 50.6 Å². The number of rotatable bonds is 6. The van der Waals surface area contributed by atoms with E-state index in [1.54, 1.807) is 6.07 Å². The summed E-state index contributed by atoms with van der Waals surface area (Å²) in [7, 11) is 0. The van der Waals surface area contributed by atoms with Crippen LogP contribution in [0.5, 0.6) is 5.75 Å². The Kier molecular flexibility index (Phi) is 7.82. The first-order valence-electron chi connectivity index (χ1n) is 16.4. The Balaban J connectivity index is 1.27. The van der Waals surface area contributed by atoms with Crippen molar-refractivity contribution in [3.63, 3.8) is 0 Å². The molecule has 0 spiro atoms. The summed E-state index contributed by atoms with van der Waals surface area (Å²) >= 11 is 0. The summed E-state index contributed by atoms with van der Waals surface area (Å²) < 4.78 is 5.60. The lowest BCUT2D eigenvalue weighted by atomic mass is 9.94. The molecule has 6 heteroatoms. The van der Waals surface area contributed by atoms with Crippen molar-refractivity contribution in [2.45, 2.75) is 20.3 Å². The van der Waals surface area contributed by atoms with Crippen molar-refractivity contribution >= 4 is 33.6 Å². The van der Waals surface area contributed by atoms with Crippen molar-refractivity contribution in [1.29, 1.82) is 0 Å². The van der Waals surface area contributed by atoms with Gasteiger partial charge in [0.05, 0.1) is 39.1 Å². The molecule has 0 fully saturated rings. The molecule has 49 heavy (non-hydrogen) atoms. The van der Waals surface area contributed by atoms with Crippen LogP contribution in [0.15, 0.2) is 140 Å². The summed E-state index contributed by atoms with van der Waals surface area (Å²) in [5, 5.41) is 0. The van der Waals surface area contributed by atoms with E-state index in [4.69, 9.17) is 24.7 Å². The Labute approximate surface area is 284 Å². The maximum absolute atomic E-state index is 12.0. The summed E-state index contributed by atoms with van der Waals surface area (Å²) in [5.74, 6) is 0.543. The molecule has 0 saturated heterocycles. The molecular weight excluding hydrogens is 604 g/mol. The smallest absolute Gasteiger partial charge is 0.308 e. The minimum Gasteiger partial charge on any atom is -0.426 e. The molecule has 1 unspecified atom stereocenters. The van der Waals surface area contributed by atoms with Gasteiger partial charge in [-0.2, -0.15) is 0 Å². The number of fused-ring (bicyclic) bond motifs is 2. The summed E-state index contributed by atoms with van der Waals surface area (Å²) in [4.78, 5) is 32.6. The highest BCUT2D eigenvalue weighted by molar-refractivity contribution is 5.93. The highest BCUT2D eigenvalue weighted by Gasteiger charge is 2.19. The van der Waals surface area contributed by atoms with Crippen LogP contribution in [-0.4, -0.2) is 25.9 Å². The van der Waals surface area contributed by atoms with Crippen LogP contribution in [0.2, 0.25) is 0 Å². The number of ether oxygens (including phenoxy) is 1. The van der Waals surface area contributed by atoms with Gasteiger partial charge in [0.1, 0.15) is 11.4 Å². The van der Waals surface area contributed by atoms with Gasteiger partial charge in [-0.3, -0.25) is 4.79 Å². The second-order valence-electron chi connectivity index (χ2n) is 12.3. The predicted octanol–water partition coefficient (Wildman–Crippen LogP) is 10.1. The van der Waals surface area contributed by atoms with E-state index in [0.29, 0.717) is 28.6 Å². The van der Waals surface area contributed by atoms with Crippen molar-refractivity contribution in [1.82, 2.24) is 19.9 Å². The first-order chi connectivity index (χ1) is 24.0. The van der Waals surface area contributed by atoms with Gasteiger partial charge in [-0.15, -0.1) is 0 Å². The molecule has 236 valence electrons. The molecule has 0 amide bonds. The van der Waals surface area contributed by atoms with E-state index in [1.165, 1.54) is 6.92 Å². The summed E-state index contributed by atoms with van der Waals surface area (Å²) in [5.41, 5.74) is 12.0. The third-order valence-electron chi connectivity index (χ3n) is 8.74. The zero-order valence-electron chi connectivity index (χ0n) is 27.2. The highest BCUT2D eigenvalue weighted by Crippen LogP contribution is 2.38. The molecular formula is C43H32N4O2. The van der Waals surface area contributed by atoms with Gasteiger partial charge in [-0.25, -0.2) is 19.9 Å². The van der Waals surface area contributed by atoms with Gasteiger partial charge >= 0.3 is 5.97 Å². The lowest BCUT2D eigenvalue weighted by molar-refractivity contribution is -0.131. The fraction of sp³-hybridized carbons (Fsp3) is 0.0930. The zero-order chi connectivity index (χ0) is 33.3. The number of aromatic nitrogens is 4. The highest BCUT2D eigenvalue weighted by atomic mass is 16.5. The number of para-hydroxylation sites is 1. The number of carbonyl (C=O) groups is 1. The number of nitrogens with zero attached hydrogens (tertiary/aromatic N) is 4. The fourth-order valence-corrected chi connectivity index (χ4v) is 6.26. The first kappa shape index (κ1) is 30.1. The molecule has 1 atom stereocenters. The SMILES string of the molecule is CC(=O)Oc1ccccc1-c1nc2cc(-c3ccc4nc(-c5ccccc5)c(C5=CCC(C)C=C5)nc4c3)ccc2nc1-c1ccccc1. The van der Waals surface area contributed by atoms with Crippen LogP contribution in [0.25, 0.3) is 72.5 Å². The van der Waals surface area contributed by atoms with Crippen molar-refractivity contribution in [2.24, 2.45) is 5.92 Å². The Morgan fingerprint density at radius 1 is 0.592 bits per heavy atom. The molecule has 5 aromatic carbocycles. The van der Waals surface area contributed by atoms with Gasteiger partial charge in [-0.1, -0.05) is 110 Å². The molecule has 0 bridgehead atoms. The van der Waals surface area contributed by atoms with Gasteiger partial charge in [0, 0.05) is 23.6 Å². The van der Waals surface area contributed by atoms with Gasteiger partial charge in [-0.05, 0) is 65.4 Å². The van der Waals surface area contributed by atoms with Gasteiger partial charge in [0.25, 0.3) is 0 Å². The van der Waals surface area contributed by atoms with Crippen LogP contribution in [0.3, 0.4) is 0 Å². The maximum Gasteiger partial charge on any atom is 0.308 e. The largest absolute Gasteiger partial charge is 0.426 e. The number of hydrogen-bond donors (Lipinski definition) is 0. The molecule has 1 aliphatic rings. The Morgan fingerprint density at radius 2 is 1.12 bits per heavy atom. The quantitative estimate of drug-likeness (QED) is 0.134. The Morgan fingerprint density at radius 3 is 1.69 bits per heavy atom. The predicted molar refractivity (Wildman–Crippen MR) is 197 cm³/mol. The van der Waals surface area contributed by atoms with Crippen LogP contribution in [0, 0.1) is 5.92 Å². The summed E-state index contributed by atoms with van der Waals surface area (Å²) in [6.07, 6.45) is 7.64.